The quantitative estimate of drug-likeness (QED) is 0.619. The minimum atomic E-state index is -3.75. The molecule has 0 aliphatic heterocycles. The lowest BCUT2D eigenvalue weighted by Crippen LogP contribution is -2.26. The van der Waals surface area contributed by atoms with Crippen LogP contribution in [0, 0.1) is 5.82 Å². The normalized spacial score (nSPS) is 11.6. The number of pyridine rings is 1. The predicted molar refractivity (Wildman–Crippen MR) is 98.5 cm³/mol. The van der Waals surface area contributed by atoms with E-state index in [0.717, 1.165) is 23.0 Å². The summed E-state index contributed by atoms with van der Waals surface area (Å²) in [6.07, 6.45) is 2.15. The third-order valence-electron chi connectivity index (χ3n) is 3.67. The Labute approximate surface area is 155 Å². The molecule has 0 amide bonds. The number of para-hydroxylation sites is 1. The summed E-state index contributed by atoms with van der Waals surface area (Å²) in [5.74, 6) is -0.0148. The second kappa shape index (κ2) is 7.99. The van der Waals surface area contributed by atoms with Crippen LogP contribution in [0.25, 0.3) is 10.9 Å². The average molecular weight is 395 g/mol. The molecule has 3 rings (SSSR count). The van der Waals surface area contributed by atoms with Gasteiger partial charge in [-0.05, 0) is 36.8 Å². The molecule has 0 aliphatic carbocycles. The molecule has 0 aliphatic rings. The summed E-state index contributed by atoms with van der Waals surface area (Å²) in [6, 6.07) is 12.7. The lowest BCUT2D eigenvalue weighted by atomic mass is 10.2. The Bertz CT molecular complexity index is 1020. The molecule has 26 heavy (non-hydrogen) atoms. The fourth-order valence-electron chi connectivity index (χ4n) is 2.38. The van der Waals surface area contributed by atoms with Gasteiger partial charge in [-0.25, -0.2) is 17.5 Å². The summed E-state index contributed by atoms with van der Waals surface area (Å²) in [5.41, 5.74) is 0.761. The Morgan fingerprint density at radius 3 is 2.77 bits per heavy atom. The molecule has 0 radical (unpaired) electrons. The maximum Gasteiger partial charge on any atom is 0.240 e. The number of nitrogens with one attached hydrogen (secondary N) is 1. The first-order chi connectivity index (χ1) is 12.5. The van der Waals surface area contributed by atoms with Crippen LogP contribution in [0.1, 0.15) is 6.42 Å². The monoisotopic (exact) mass is 394 g/mol. The van der Waals surface area contributed by atoms with Gasteiger partial charge in [0.1, 0.15) is 17.1 Å². The highest BCUT2D eigenvalue weighted by atomic mass is 35.5. The summed E-state index contributed by atoms with van der Waals surface area (Å²) in [5, 5.41) is 0.735. The van der Waals surface area contributed by atoms with Gasteiger partial charge < -0.3 is 4.74 Å². The number of ether oxygens (including phenoxy) is 1. The van der Waals surface area contributed by atoms with E-state index in [0.29, 0.717) is 18.8 Å². The smallest absolute Gasteiger partial charge is 0.240 e. The molecule has 0 saturated carbocycles. The lowest BCUT2D eigenvalue weighted by molar-refractivity contribution is 0.314. The third kappa shape index (κ3) is 4.30. The number of fused-ring (bicyclic) bond motifs is 1. The molecule has 136 valence electrons. The van der Waals surface area contributed by atoms with E-state index in [2.05, 4.69) is 9.71 Å². The Balaban J connectivity index is 1.54. The number of halogens is 2. The second-order valence-corrected chi connectivity index (χ2v) is 7.68. The number of aromatic nitrogens is 1. The van der Waals surface area contributed by atoms with Gasteiger partial charge in [-0.3, -0.25) is 4.98 Å². The highest BCUT2D eigenvalue weighted by Crippen LogP contribution is 2.23. The molecule has 0 atom stereocenters. The van der Waals surface area contributed by atoms with Crippen LogP contribution in [0.3, 0.4) is 0 Å². The molecule has 8 heteroatoms. The van der Waals surface area contributed by atoms with Gasteiger partial charge in [0.15, 0.2) is 0 Å². The molecular weight excluding hydrogens is 379 g/mol. The minimum absolute atomic E-state index is 0.0805. The van der Waals surface area contributed by atoms with Gasteiger partial charge in [0.2, 0.25) is 10.0 Å². The summed E-state index contributed by atoms with van der Waals surface area (Å²) < 4.78 is 45.6. The fraction of sp³-hybridized carbons (Fsp3) is 0.167. The van der Waals surface area contributed by atoms with E-state index in [1.54, 1.807) is 6.20 Å². The van der Waals surface area contributed by atoms with E-state index in [4.69, 9.17) is 16.3 Å². The van der Waals surface area contributed by atoms with Gasteiger partial charge in [0, 0.05) is 18.1 Å². The Morgan fingerprint density at radius 1 is 1.15 bits per heavy atom. The first-order valence-electron chi connectivity index (χ1n) is 7.89. The van der Waals surface area contributed by atoms with Crippen LogP contribution in [0.4, 0.5) is 4.39 Å². The molecule has 1 aromatic heterocycles. The molecule has 2 aromatic carbocycles. The molecule has 0 unspecified atom stereocenters. The maximum absolute atomic E-state index is 13.1. The molecule has 0 fully saturated rings. The van der Waals surface area contributed by atoms with E-state index < -0.39 is 15.8 Å². The zero-order valence-electron chi connectivity index (χ0n) is 13.7. The molecule has 1 heterocycles. The zero-order valence-corrected chi connectivity index (χ0v) is 15.2. The first kappa shape index (κ1) is 18.6. The van der Waals surface area contributed by atoms with Crippen LogP contribution in [0.15, 0.2) is 59.6 Å². The SMILES string of the molecule is O=S(=O)(NCCCOc1cccc2cccnc12)c1ccc(F)c(Cl)c1. The van der Waals surface area contributed by atoms with Crippen molar-refractivity contribution >= 4 is 32.5 Å². The first-order valence-corrected chi connectivity index (χ1v) is 9.75. The number of hydrogen-bond donors (Lipinski definition) is 1. The van der Waals surface area contributed by atoms with Crippen molar-refractivity contribution < 1.29 is 17.5 Å². The van der Waals surface area contributed by atoms with E-state index in [1.807, 2.05) is 30.3 Å². The van der Waals surface area contributed by atoms with E-state index in [1.165, 1.54) is 6.07 Å². The largest absolute Gasteiger partial charge is 0.491 e. The van der Waals surface area contributed by atoms with Gasteiger partial charge in [0.25, 0.3) is 0 Å². The number of benzene rings is 2. The summed E-state index contributed by atoms with van der Waals surface area (Å²) in [7, 11) is -3.75. The van der Waals surface area contributed by atoms with Crippen LogP contribution >= 0.6 is 11.6 Å². The second-order valence-electron chi connectivity index (χ2n) is 5.51. The van der Waals surface area contributed by atoms with Gasteiger partial charge >= 0.3 is 0 Å². The number of hydrogen-bond acceptors (Lipinski definition) is 4. The van der Waals surface area contributed by atoms with Crippen molar-refractivity contribution in [3.8, 4) is 5.75 Å². The van der Waals surface area contributed by atoms with Gasteiger partial charge in [-0.1, -0.05) is 29.8 Å². The Kier molecular flexibility index (Phi) is 5.70. The predicted octanol–water partition coefficient (Wildman–Crippen LogP) is 3.77. The van der Waals surface area contributed by atoms with Gasteiger partial charge in [-0.2, -0.15) is 0 Å². The van der Waals surface area contributed by atoms with Crippen molar-refractivity contribution in [3.05, 3.63) is 65.6 Å². The lowest BCUT2D eigenvalue weighted by Gasteiger charge is -2.10. The minimum Gasteiger partial charge on any atom is -0.491 e. The number of nitrogens with zero attached hydrogens (tertiary/aromatic N) is 1. The molecule has 5 nitrogen and oxygen atoms in total. The number of sulfonamides is 1. The Morgan fingerprint density at radius 2 is 1.96 bits per heavy atom. The highest BCUT2D eigenvalue weighted by molar-refractivity contribution is 7.89. The van der Waals surface area contributed by atoms with Crippen molar-refractivity contribution in [2.45, 2.75) is 11.3 Å². The average Bonchev–Trinajstić information content (AvgIpc) is 2.63. The summed E-state index contributed by atoms with van der Waals surface area (Å²) >= 11 is 5.63. The Hall–Kier alpha value is -2.22. The van der Waals surface area contributed by atoms with Gasteiger partial charge in [0.05, 0.1) is 16.5 Å². The van der Waals surface area contributed by atoms with Crippen molar-refractivity contribution in [1.29, 1.82) is 0 Å². The van der Waals surface area contributed by atoms with Crippen molar-refractivity contribution in [2.24, 2.45) is 0 Å². The maximum atomic E-state index is 13.1. The van der Waals surface area contributed by atoms with Crippen molar-refractivity contribution in [3.63, 3.8) is 0 Å². The van der Waals surface area contributed by atoms with E-state index in [9.17, 15) is 12.8 Å². The van der Waals surface area contributed by atoms with Crippen molar-refractivity contribution in [1.82, 2.24) is 9.71 Å². The topological polar surface area (TPSA) is 68.3 Å². The molecule has 0 spiro atoms. The molecular formula is C18H16ClFN2O3S. The van der Waals surface area contributed by atoms with Crippen LogP contribution in [-0.4, -0.2) is 26.6 Å². The highest BCUT2D eigenvalue weighted by Gasteiger charge is 2.15. The van der Waals surface area contributed by atoms with Gasteiger partial charge in [-0.15, -0.1) is 0 Å². The fourth-order valence-corrected chi connectivity index (χ4v) is 3.73. The van der Waals surface area contributed by atoms with E-state index >= 15 is 0 Å². The summed E-state index contributed by atoms with van der Waals surface area (Å²) in [6.45, 7) is 0.498. The number of rotatable bonds is 7. The van der Waals surface area contributed by atoms with Crippen LogP contribution in [0.5, 0.6) is 5.75 Å². The molecule has 1 N–H and O–H groups in total. The molecule has 0 bridgehead atoms. The standard InChI is InChI=1S/C18H16ClFN2O3S/c19-15-12-14(7-8-16(15)20)26(23,24)22-10-3-11-25-17-6-1-4-13-5-2-9-21-18(13)17/h1-2,4-9,12,22H,3,10-11H2. The zero-order chi connectivity index (χ0) is 18.6. The molecule has 3 aromatic rings. The molecule has 0 saturated heterocycles. The van der Waals surface area contributed by atoms with Crippen molar-refractivity contribution in [2.75, 3.05) is 13.2 Å². The van der Waals surface area contributed by atoms with E-state index in [-0.39, 0.29) is 16.5 Å². The van der Waals surface area contributed by atoms with Crippen LogP contribution in [-0.2, 0) is 10.0 Å². The third-order valence-corrected chi connectivity index (χ3v) is 5.42. The van der Waals surface area contributed by atoms with Crippen LogP contribution in [0.2, 0.25) is 5.02 Å². The summed E-state index contributed by atoms with van der Waals surface area (Å²) in [4.78, 5) is 4.21. The van der Waals surface area contributed by atoms with Crippen LogP contribution < -0.4 is 9.46 Å².